The quantitative estimate of drug-likeness (QED) is 0.542. The van der Waals surface area contributed by atoms with Crippen molar-refractivity contribution >= 4 is 44.7 Å². The van der Waals surface area contributed by atoms with E-state index in [2.05, 4.69) is 15.4 Å². The van der Waals surface area contributed by atoms with Crippen LogP contribution >= 0.6 is 11.6 Å². The summed E-state index contributed by atoms with van der Waals surface area (Å²) in [5.41, 5.74) is 1.93. The third-order valence-corrected chi connectivity index (χ3v) is 5.64. The standard InChI is InChI=1S/C20H18ClN3O3S/c1-14-7-10-18(23-20(25)22-16-5-3-2-4-6-16)13-19(14)28(26,27)24-17-11-8-15(21)9-12-17/h2-13,24H,1H3,(H2,22,23,25). The number of hydrogen-bond acceptors (Lipinski definition) is 3. The van der Waals surface area contributed by atoms with Crippen molar-refractivity contribution in [1.82, 2.24) is 0 Å². The predicted octanol–water partition coefficient (Wildman–Crippen LogP) is 5.09. The number of anilines is 3. The van der Waals surface area contributed by atoms with Crippen molar-refractivity contribution in [2.75, 3.05) is 15.4 Å². The van der Waals surface area contributed by atoms with Crippen LogP contribution in [-0.2, 0) is 10.0 Å². The van der Waals surface area contributed by atoms with Crippen LogP contribution in [0.15, 0.2) is 77.7 Å². The Bertz CT molecular complexity index is 1090. The fourth-order valence-corrected chi connectivity index (χ4v) is 3.97. The number of urea groups is 1. The Labute approximate surface area is 168 Å². The summed E-state index contributed by atoms with van der Waals surface area (Å²) in [4.78, 5) is 12.2. The van der Waals surface area contributed by atoms with Crippen molar-refractivity contribution in [3.05, 3.63) is 83.4 Å². The Balaban J connectivity index is 1.78. The number of amides is 2. The number of hydrogen-bond donors (Lipinski definition) is 3. The lowest BCUT2D eigenvalue weighted by molar-refractivity contribution is 0.262. The molecule has 2 amide bonds. The lowest BCUT2D eigenvalue weighted by Crippen LogP contribution is -2.20. The first-order chi connectivity index (χ1) is 13.3. The minimum atomic E-state index is -3.84. The van der Waals surface area contributed by atoms with Crippen LogP contribution in [0.25, 0.3) is 0 Å². The smallest absolute Gasteiger partial charge is 0.308 e. The molecule has 0 unspecified atom stereocenters. The SMILES string of the molecule is Cc1ccc(NC(=O)Nc2ccccc2)cc1S(=O)(=O)Nc1ccc(Cl)cc1. The van der Waals surface area contributed by atoms with Gasteiger partial charge in [-0.2, -0.15) is 0 Å². The monoisotopic (exact) mass is 415 g/mol. The zero-order valence-corrected chi connectivity index (χ0v) is 16.5. The fraction of sp³-hybridized carbons (Fsp3) is 0.0500. The molecule has 144 valence electrons. The Hall–Kier alpha value is -3.03. The molecular formula is C20H18ClN3O3S. The summed E-state index contributed by atoms with van der Waals surface area (Å²) in [6.07, 6.45) is 0. The van der Waals surface area contributed by atoms with E-state index in [1.807, 2.05) is 6.07 Å². The van der Waals surface area contributed by atoms with E-state index in [1.165, 1.54) is 6.07 Å². The molecule has 0 aliphatic heterocycles. The molecule has 0 bridgehead atoms. The molecule has 6 nitrogen and oxygen atoms in total. The first-order valence-electron chi connectivity index (χ1n) is 8.35. The summed E-state index contributed by atoms with van der Waals surface area (Å²) in [7, 11) is -3.84. The molecule has 0 spiro atoms. The van der Waals surface area contributed by atoms with Gasteiger partial charge >= 0.3 is 6.03 Å². The molecule has 0 aliphatic rings. The van der Waals surface area contributed by atoms with Crippen LogP contribution in [-0.4, -0.2) is 14.4 Å². The minimum Gasteiger partial charge on any atom is -0.308 e. The molecule has 0 heterocycles. The molecule has 0 atom stereocenters. The zero-order chi connectivity index (χ0) is 20.1. The number of carbonyl (C=O) groups excluding carboxylic acids is 1. The van der Waals surface area contributed by atoms with E-state index in [-0.39, 0.29) is 4.90 Å². The zero-order valence-electron chi connectivity index (χ0n) is 14.9. The second-order valence-electron chi connectivity index (χ2n) is 6.04. The van der Waals surface area contributed by atoms with Crippen molar-refractivity contribution in [2.24, 2.45) is 0 Å². The van der Waals surface area contributed by atoms with Crippen molar-refractivity contribution in [2.45, 2.75) is 11.8 Å². The highest BCUT2D eigenvalue weighted by Gasteiger charge is 2.18. The van der Waals surface area contributed by atoms with Gasteiger partial charge in [-0.1, -0.05) is 35.9 Å². The van der Waals surface area contributed by atoms with Gasteiger partial charge in [0.2, 0.25) is 0 Å². The molecule has 0 saturated carbocycles. The molecule has 8 heteroatoms. The number of sulfonamides is 1. The summed E-state index contributed by atoms with van der Waals surface area (Å²) >= 11 is 5.83. The van der Waals surface area contributed by atoms with E-state index in [0.29, 0.717) is 27.6 Å². The average molecular weight is 416 g/mol. The van der Waals surface area contributed by atoms with Crippen LogP contribution in [0.1, 0.15) is 5.56 Å². The molecule has 3 rings (SSSR count). The number of aryl methyl sites for hydroxylation is 1. The van der Waals surface area contributed by atoms with E-state index in [4.69, 9.17) is 11.6 Å². The Kier molecular flexibility index (Phi) is 5.87. The highest BCUT2D eigenvalue weighted by molar-refractivity contribution is 7.92. The third-order valence-electron chi connectivity index (χ3n) is 3.86. The second kappa shape index (κ2) is 8.33. The van der Waals surface area contributed by atoms with Gasteiger partial charge in [0.15, 0.2) is 0 Å². The normalized spacial score (nSPS) is 10.9. The lowest BCUT2D eigenvalue weighted by atomic mass is 10.2. The third kappa shape index (κ3) is 5.03. The van der Waals surface area contributed by atoms with E-state index in [9.17, 15) is 13.2 Å². The topological polar surface area (TPSA) is 87.3 Å². The van der Waals surface area contributed by atoms with E-state index in [0.717, 1.165) is 0 Å². The van der Waals surface area contributed by atoms with Crippen LogP contribution in [0.5, 0.6) is 0 Å². The Morgan fingerprint density at radius 1 is 0.821 bits per heavy atom. The molecule has 28 heavy (non-hydrogen) atoms. The Morgan fingerprint density at radius 3 is 2.11 bits per heavy atom. The van der Waals surface area contributed by atoms with Gasteiger partial charge in [-0.3, -0.25) is 4.72 Å². The average Bonchev–Trinajstić information content (AvgIpc) is 2.65. The molecule has 3 N–H and O–H groups in total. The van der Waals surface area contributed by atoms with Crippen molar-refractivity contribution < 1.29 is 13.2 Å². The Morgan fingerprint density at radius 2 is 1.43 bits per heavy atom. The number of halogens is 1. The lowest BCUT2D eigenvalue weighted by Gasteiger charge is -2.13. The predicted molar refractivity (Wildman–Crippen MR) is 113 cm³/mol. The highest BCUT2D eigenvalue weighted by Crippen LogP contribution is 2.24. The van der Waals surface area contributed by atoms with Crippen molar-refractivity contribution in [3.8, 4) is 0 Å². The van der Waals surface area contributed by atoms with Gasteiger partial charge in [-0.25, -0.2) is 13.2 Å². The van der Waals surface area contributed by atoms with Gasteiger partial charge in [0.25, 0.3) is 10.0 Å². The van der Waals surface area contributed by atoms with Gasteiger partial charge in [0.05, 0.1) is 4.90 Å². The van der Waals surface area contributed by atoms with E-state index in [1.54, 1.807) is 67.6 Å². The number of nitrogens with one attached hydrogen (secondary N) is 3. The van der Waals surface area contributed by atoms with Gasteiger partial charge < -0.3 is 10.6 Å². The minimum absolute atomic E-state index is 0.0694. The molecule has 3 aromatic rings. The first kappa shape index (κ1) is 19.7. The van der Waals surface area contributed by atoms with Crippen LogP contribution in [0.4, 0.5) is 21.9 Å². The molecule has 0 fully saturated rings. The maximum absolute atomic E-state index is 12.8. The largest absolute Gasteiger partial charge is 0.323 e. The number of para-hydroxylation sites is 1. The molecule has 0 aromatic heterocycles. The van der Waals surface area contributed by atoms with Gasteiger partial charge in [0, 0.05) is 22.1 Å². The summed E-state index contributed by atoms with van der Waals surface area (Å²) in [6, 6.07) is 19.5. The summed E-state index contributed by atoms with van der Waals surface area (Å²) in [6.45, 7) is 1.68. The summed E-state index contributed by atoms with van der Waals surface area (Å²) < 4.78 is 28.0. The van der Waals surface area contributed by atoms with Gasteiger partial charge in [0.1, 0.15) is 0 Å². The van der Waals surface area contributed by atoms with Gasteiger partial charge in [-0.15, -0.1) is 0 Å². The summed E-state index contributed by atoms with van der Waals surface area (Å²) in [5.74, 6) is 0. The second-order valence-corrected chi connectivity index (χ2v) is 8.13. The number of benzene rings is 3. The van der Waals surface area contributed by atoms with Crippen molar-refractivity contribution in [1.29, 1.82) is 0 Å². The van der Waals surface area contributed by atoms with E-state index >= 15 is 0 Å². The van der Waals surface area contributed by atoms with Crippen LogP contribution in [0.2, 0.25) is 5.02 Å². The highest BCUT2D eigenvalue weighted by atomic mass is 35.5. The van der Waals surface area contributed by atoms with Crippen LogP contribution in [0.3, 0.4) is 0 Å². The van der Waals surface area contributed by atoms with Crippen molar-refractivity contribution in [3.63, 3.8) is 0 Å². The van der Waals surface area contributed by atoms with Crippen LogP contribution < -0.4 is 15.4 Å². The molecule has 0 radical (unpaired) electrons. The maximum Gasteiger partial charge on any atom is 0.323 e. The number of carbonyl (C=O) groups is 1. The van der Waals surface area contributed by atoms with E-state index < -0.39 is 16.1 Å². The number of rotatable bonds is 5. The fourth-order valence-electron chi connectivity index (χ4n) is 2.51. The summed E-state index contributed by atoms with van der Waals surface area (Å²) in [5, 5.41) is 5.83. The molecular weight excluding hydrogens is 398 g/mol. The first-order valence-corrected chi connectivity index (χ1v) is 10.2. The van der Waals surface area contributed by atoms with Crippen LogP contribution in [0, 0.1) is 6.92 Å². The molecule has 0 saturated heterocycles. The maximum atomic E-state index is 12.8. The van der Waals surface area contributed by atoms with Gasteiger partial charge in [-0.05, 0) is 61.0 Å². The molecule has 0 aliphatic carbocycles. The molecule has 3 aromatic carbocycles.